The first-order valence-corrected chi connectivity index (χ1v) is 11.1. The van der Waals surface area contributed by atoms with Gasteiger partial charge in [0.25, 0.3) is 5.91 Å². The van der Waals surface area contributed by atoms with E-state index in [-0.39, 0.29) is 5.91 Å². The number of rotatable bonds is 10. The van der Waals surface area contributed by atoms with Crippen LogP contribution in [0, 0.1) is 0 Å². The minimum atomic E-state index is -0.126. The van der Waals surface area contributed by atoms with Crippen molar-refractivity contribution in [2.75, 3.05) is 52.4 Å². The minimum Gasteiger partial charge on any atom is -0.497 e. The molecule has 1 heterocycles. The smallest absolute Gasteiger partial charge is 0.260 e. The molecule has 166 valence electrons. The molecule has 0 aliphatic rings. The number of likely N-dealkylation sites (N-methyl/N-ethyl adjacent to an activating group) is 1. The Bertz CT molecular complexity index is 1030. The summed E-state index contributed by atoms with van der Waals surface area (Å²) in [5.41, 5.74) is 1.33. The van der Waals surface area contributed by atoms with Crippen molar-refractivity contribution in [3.05, 3.63) is 42.0 Å². The summed E-state index contributed by atoms with van der Waals surface area (Å²) in [6.07, 6.45) is 0. The van der Waals surface area contributed by atoms with Gasteiger partial charge in [0.15, 0.2) is 16.6 Å². The van der Waals surface area contributed by atoms with E-state index < -0.39 is 0 Å². The van der Waals surface area contributed by atoms with Crippen molar-refractivity contribution < 1.29 is 19.0 Å². The fourth-order valence-electron chi connectivity index (χ4n) is 3.33. The summed E-state index contributed by atoms with van der Waals surface area (Å²) in [5.74, 6) is 1.72. The summed E-state index contributed by atoms with van der Waals surface area (Å²) in [4.78, 5) is 22.3. The monoisotopic (exact) mass is 443 g/mol. The number of benzene rings is 2. The second kappa shape index (κ2) is 10.5. The molecule has 0 aliphatic heterocycles. The lowest BCUT2D eigenvalue weighted by molar-refractivity contribution is 0.0983. The second-order valence-corrected chi connectivity index (χ2v) is 7.89. The van der Waals surface area contributed by atoms with Crippen molar-refractivity contribution in [1.82, 2.24) is 9.88 Å². The molecule has 8 heteroatoms. The zero-order valence-corrected chi connectivity index (χ0v) is 19.5. The first-order valence-electron chi connectivity index (χ1n) is 10.2. The fourth-order valence-corrected chi connectivity index (χ4v) is 4.30. The van der Waals surface area contributed by atoms with Crippen LogP contribution in [-0.4, -0.2) is 63.3 Å². The molecule has 3 aromatic rings. The number of carbonyl (C=O) groups excluding carboxylic acids is 1. The molecule has 0 saturated heterocycles. The van der Waals surface area contributed by atoms with Gasteiger partial charge in [0.2, 0.25) is 0 Å². The quantitative estimate of drug-likeness (QED) is 0.465. The number of hydrogen-bond donors (Lipinski definition) is 0. The summed E-state index contributed by atoms with van der Waals surface area (Å²) in [6, 6.07) is 11.0. The van der Waals surface area contributed by atoms with Crippen molar-refractivity contribution in [2.24, 2.45) is 0 Å². The van der Waals surface area contributed by atoms with Crippen molar-refractivity contribution >= 4 is 32.6 Å². The van der Waals surface area contributed by atoms with Gasteiger partial charge in [0.1, 0.15) is 5.75 Å². The van der Waals surface area contributed by atoms with Crippen LogP contribution in [0.3, 0.4) is 0 Å². The van der Waals surface area contributed by atoms with E-state index in [9.17, 15) is 4.79 Å². The summed E-state index contributed by atoms with van der Waals surface area (Å²) < 4.78 is 17.0. The van der Waals surface area contributed by atoms with Crippen LogP contribution < -0.4 is 19.1 Å². The van der Waals surface area contributed by atoms with Crippen LogP contribution in [0.4, 0.5) is 5.13 Å². The third-order valence-electron chi connectivity index (χ3n) is 5.22. The fraction of sp³-hybridized carbons (Fsp3) is 0.391. The molecule has 0 N–H and O–H groups in total. The maximum absolute atomic E-state index is 13.6. The Kier molecular flexibility index (Phi) is 7.70. The van der Waals surface area contributed by atoms with E-state index >= 15 is 0 Å². The van der Waals surface area contributed by atoms with Crippen LogP contribution in [0.25, 0.3) is 10.2 Å². The molecule has 0 radical (unpaired) electrons. The van der Waals surface area contributed by atoms with Crippen molar-refractivity contribution in [2.45, 2.75) is 13.8 Å². The standard InChI is InChI=1S/C23H29N3O4S/c1-6-25(7-2)12-13-26(22(27)16-8-10-19(29-4)20(14-16)30-5)23-24-18-15-17(28-3)9-11-21(18)31-23/h8-11,14-15H,6-7,12-13H2,1-5H3. The Labute approximate surface area is 187 Å². The highest BCUT2D eigenvalue weighted by molar-refractivity contribution is 7.22. The SMILES string of the molecule is CCN(CC)CCN(C(=O)c1ccc(OC)c(OC)c1)c1nc2cc(OC)ccc2s1. The van der Waals surface area contributed by atoms with Crippen LogP contribution in [0.15, 0.2) is 36.4 Å². The number of aromatic nitrogens is 1. The average molecular weight is 444 g/mol. The van der Waals surface area contributed by atoms with Gasteiger partial charge in [-0.25, -0.2) is 4.98 Å². The minimum absolute atomic E-state index is 0.126. The molecule has 7 nitrogen and oxygen atoms in total. The van der Waals surface area contributed by atoms with Gasteiger partial charge in [-0.1, -0.05) is 25.2 Å². The highest BCUT2D eigenvalue weighted by Gasteiger charge is 2.23. The molecule has 0 atom stereocenters. The van der Waals surface area contributed by atoms with Gasteiger partial charge in [0, 0.05) is 24.7 Å². The summed E-state index contributed by atoms with van der Waals surface area (Å²) in [5, 5.41) is 0.662. The second-order valence-electron chi connectivity index (χ2n) is 6.88. The average Bonchev–Trinajstić information content (AvgIpc) is 3.23. The highest BCUT2D eigenvalue weighted by Crippen LogP contribution is 2.33. The van der Waals surface area contributed by atoms with Gasteiger partial charge in [-0.15, -0.1) is 0 Å². The molecule has 0 aliphatic carbocycles. The summed E-state index contributed by atoms with van der Waals surface area (Å²) in [6.45, 7) is 7.37. The van der Waals surface area contributed by atoms with Crippen LogP contribution in [-0.2, 0) is 0 Å². The van der Waals surface area contributed by atoms with Gasteiger partial charge in [0.05, 0.1) is 31.5 Å². The van der Waals surface area contributed by atoms with Crippen molar-refractivity contribution in [3.63, 3.8) is 0 Å². The van der Waals surface area contributed by atoms with E-state index in [1.807, 2.05) is 18.2 Å². The maximum Gasteiger partial charge on any atom is 0.260 e. The number of methoxy groups -OCH3 is 3. The largest absolute Gasteiger partial charge is 0.497 e. The summed E-state index contributed by atoms with van der Waals surface area (Å²) >= 11 is 1.50. The van der Waals surface area contributed by atoms with Crippen LogP contribution in [0.5, 0.6) is 17.2 Å². The number of anilines is 1. The number of amides is 1. The number of hydrogen-bond acceptors (Lipinski definition) is 7. The molecule has 0 unspecified atom stereocenters. The third kappa shape index (κ3) is 5.08. The van der Waals surface area contributed by atoms with E-state index in [0.717, 1.165) is 35.6 Å². The van der Waals surface area contributed by atoms with Crippen LogP contribution in [0.1, 0.15) is 24.2 Å². The number of fused-ring (bicyclic) bond motifs is 1. The summed E-state index contributed by atoms with van der Waals surface area (Å²) in [7, 11) is 4.77. The van der Waals surface area contributed by atoms with Gasteiger partial charge in [-0.3, -0.25) is 9.69 Å². The normalized spacial score (nSPS) is 11.0. The van der Waals surface area contributed by atoms with Gasteiger partial charge >= 0.3 is 0 Å². The Balaban J connectivity index is 1.98. The lowest BCUT2D eigenvalue weighted by atomic mass is 10.1. The zero-order valence-electron chi connectivity index (χ0n) is 18.7. The predicted octanol–water partition coefficient (Wildman–Crippen LogP) is 4.31. The zero-order chi connectivity index (χ0) is 22.4. The topological polar surface area (TPSA) is 64.1 Å². The molecular formula is C23H29N3O4S. The molecule has 1 amide bonds. The third-order valence-corrected chi connectivity index (χ3v) is 6.28. The molecular weight excluding hydrogens is 414 g/mol. The number of ether oxygens (including phenoxy) is 3. The molecule has 0 saturated carbocycles. The maximum atomic E-state index is 13.6. The van der Waals surface area contributed by atoms with E-state index in [1.165, 1.54) is 11.3 Å². The molecule has 0 spiro atoms. The van der Waals surface area contributed by atoms with Crippen molar-refractivity contribution in [3.8, 4) is 17.2 Å². The van der Waals surface area contributed by atoms with E-state index in [4.69, 9.17) is 19.2 Å². The molecule has 31 heavy (non-hydrogen) atoms. The Hall–Kier alpha value is -2.84. The Morgan fingerprint density at radius 2 is 1.68 bits per heavy atom. The van der Waals surface area contributed by atoms with E-state index in [2.05, 4.69) is 18.7 Å². The van der Waals surface area contributed by atoms with Crippen molar-refractivity contribution in [1.29, 1.82) is 0 Å². The van der Waals surface area contributed by atoms with Gasteiger partial charge < -0.3 is 19.1 Å². The van der Waals surface area contributed by atoms with Crippen LogP contribution >= 0.6 is 11.3 Å². The molecule has 0 bridgehead atoms. The molecule has 1 aromatic heterocycles. The first kappa shape index (κ1) is 22.8. The molecule has 3 rings (SSSR count). The van der Waals surface area contributed by atoms with Gasteiger partial charge in [-0.05, 0) is 43.4 Å². The lowest BCUT2D eigenvalue weighted by Crippen LogP contribution is -2.38. The van der Waals surface area contributed by atoms with E-state index in [1.54, 1.807) is 44.4 Å². The highest BCUT2D eigenvalue weighted by atomic mass is 32.1. The number of carbonyl (C=O) groups is 1. The molecule has 0 fully saturated rings. The first-order chi connectivity index (χ1) is 15.0. The number of thiazole rings is 1. The Morgan fingerprint density at radius 1 is 0.935 bits per heavy atom. The molecule has 2 aromatic carbocycles. The number of nitrogens with zero attached hydrogens (tertiary/aromatic N) is 3. The van der Waals surface area contributed by atoms with E-state index in [0.29, 0.717) is 28.7 Å². The van der Waals surface area contributed by atoms with Gasteiger partial charge in [-0.2, -0.15) is 0 Å². The van der Waals surface area contributed by atoms with Crippen LogP contribution in [0.2, 0.25) is 0 Å². The Morgan fingerprint density at radius 3 is 2.32 bits per heavy atom. The lowest BCUT2D eigenvalue weighted by Gasteiger charge is -2.25. The predicted molar refractivity (Wildman–Crippen MR) is 125 cm³/mol.